The van der Waals surface area contributed by atoms with E-state index in [2.05, 4.69) is 115 Å². The van der Waals surface area contributed by atoms with Crippen LogP contribution in [0.2, 0.25) is 0 Å². The number of hydrogen-bond acceptors (Lipinski definition) is 1. The minimum absolute atomic E-state index is 0.0497. The standard InChI is InChI=1S/C27H21N/c1-4-12-20(13-5-1)25-23-18-10-11-19-24(23)26(21-14-6-2-7-15-21)28-27(25)22-16-8-3-9-17-22/h1-19,25,27H/t25-,27-/m0/s1. The Morgan fingerprint density at radius 3 is 1.71 bits per heavy atom. The van der Waals surface area contributed by atoms with Crippen LogP contribution in [-0.4, -0.2) is 5.71 Å². The molecule has 28 heavy (non-hydrogen) atoms. The molecule has 4 aromatic carbocycles. The lowest BCUT2D eigenvalue weighted by atomic mass is 9.76. The minimum Gasteiger partial charge on any atom is -0.275 e. The van der Waals surface area contributed by atoms with Crippen molar-refractivity contribution in [3.05, 3.63) is 143 Å². The molecule has 0 spiro atoms. The van der Waals surface area contributed by atoms with Gasteiger partial charge in [0.05, 0.1) is 11.8 Å². The molecule has 1 aliphatic heterocycles. The summed E-state index contributed by atoms with van der Waals surface area (Å²) in [4.78, 5) is 5.34. The van der Waals surface area contributed by atoms with Crippen molar-refractivity contribution in [2.75, 3.05) is 0 Å². The van der Waals surface area contributed by atoms with E-state index in [1.165, 1.54) is 27.8 Å². The molecule has 1 heterocycles. The average Bonchev–Trinajstić information content (AvgIpc) is 2.80. The lowest BCUT2D eigenvalue weighted by Gasteiger charge is -2.33. The number of fused-ring (bicyclic) bond motifs is 1. The fourth-order valence-electron chi connectivity index (χ4n) is 4.20. The smallest absolute Gasteiger partial charge is 0.0865 e. The van der Waals surface area contributed by atoms with Gasteiger partial charge in [0.1, 0.15) is 0 Å². The summed E-state index contributed by atoms with van der Waals surface area (Å²) in [6, 6.07) is 40.7. The van der Waals surface area contributed by atoms with Gasteiger partial charge >= 0.3 is 0 Å². The van der Waals surface area contributed by atoms with Crippen LogP contribution >= 0.6 is 0 Å². The fourth-order valence-corrected chi connectivity index (χ4v) is 4.20. The predicted octanol–water partition coefficient (Wildman–Crippen LogP) is 6.41. The topological polar surface area (TPSA) is 12.4 Å². The molecule has 1 aliphatic rings. The zero-order valence-electron chi connectivity index (χ0n) is 15.6. The Kier molecular flexibility index (Phi) is 4.34. The summed E-state index contributed by atoms with van der Waals surface area (Å²) in [6.07, 6.45) is 0. The number of nitrogens with zero attached hydrogens (tertiary/aromatic N) is 1. The normalized spacial score (nSPS) is 18.2. The first kappa shape index (κ1) is 16.7. The second kappa shape index (κ2) is 7.28. The third kappa shape index (κ3) is 2.95. The highest BCUT2D eigenvalue weighted by atomic mass is 14.8. The van der Waals surface area contributed by atoms with E-state index in [0.29, 0.717) is 0 Å². The number of benzene rings is 4. The Bertz CT molecular complexity index is 1100. The second-order valence-electron chi connectivity index (χ2n) is 7.17. The van der Waals surface area contributed by atoms with Crippen LogP contribution < -0.4 is 0 Å². The van der Waals surface area contributed by atoms with Crippen molar-refractivity contribution in [2.24, 2.45) is 4.99 Å². The van der Waals surface area contributed by atoms with Crippen molar-refractivity contribution in [1.29, 1.82) is 0 Å². The van der Waals surface area contributed by atoms with Gasteiger partial charge < -0.3 is 0 Å². The summed E-state index contributed by atoms with van der Waals surface area (Å²) >= 11 is 0. The molecule has 0 fully saturated rings. The van der Waals surface area contributed by atoms with E-state index in [1.54, 1.807) is 0 Å². The predicted molar refractivity (Wildman–Crippen MR) is 116 cm³/mol. The van der Waals surface area contributed by atoms with Crippen molar-refractivity contribution in [3.63, 3.8) is 0 Å². The Morgan fingerprint density at radius 2 is 1.04 bits per heavy atom. The summed E-state index contributed by atoms with van der Waals surface area (Å²) < 4.78 is 0. The molecule has 0 N–H and O–H groups in total. The zero-order chi connectivity index (χ0) is 18.8. The van der Waals surface area contributed by atoms with Gasteiger partial charge in [-0.25, -0.2) is 0 Å². The molecule has 0 bridgehead atoms. The van der Waals surface area contributed by atoms with Gasteiger partial charge in [-0.1, -0.05) is 115 Å². The van der Waals surface area contributed by atoms with Gasteiger partial charge in [0.2, 0.25) is 0 Å². The molecule has 0 radical (unpaired) electrons. The first-order chi connectivity index (χ1) is 13.9. The molecule has 0 amide bonds. The van der Waals surface area contributed by atoms with Gasteiger partial charge in [-0.15, -0.1) is 0 Å². The van der Waals surface area contributed by atoms with E-state index in [9.17, 15) is 0 Å². The van der Waals surface area contributed by atoms with Gasteiger partial charge in [-0.3, -0.25) is 4.99 Å². The SMILES string of the molecule is c1ccc(C2=N[C@@H](c3ccccc3)[C@@H](c3ccccc3)c3ccccc32)cc1. The van der Waals surface area contributed by atoms with Gasteiger partial charge in [0.15, 0.2) is 0 Å². The van der Waals surface area contributed by atoms with E-state index < -0.39 is 0 Å². The molecule has 0 unspecified atom stereocenters. The van der Waals surface area contributed by atoms with E-state index in [0.717, 1.165) is 5.71 Å². The zero-order valence-corrected chi connectivity index (χ0v) is 15.6. The third-order valence-corrected chi connectivity index (χ3v) is 5.48. The second-order valence-corrected chi connectivity index (χ2v) is 7.17. The number of aliphatic imine (C=N–C) groups is 1. The molecule has 0 aliphatic carbocycles. The molecule has 0 aromatic heterocycles. The van der Waals surface area contributed by atoms with Crippen LogP contribution in [-0.2, 0) is 0 Å². The van der Waals surface area contributed by atoms with Crippen molar-refractivity contribution in [3.8, 4) is 0 Å². The van der Waals surface area contributed by atoms with Crippen molar-refractivity contribution >= 4 is 5.71 Å². The summed E-state index contributed by atoms with van der Waals surface area (Å²) in [5.41, 5.74) is 7.38. The van der Waals surface area contributed by atoms with Crippen LogP contribution in [0.1, 0.15) is 39.8 Å². The van der Waals surface area contributed by atoms with Crippen molar-refractivity contribution < 1.29 is 0 Å². The molecular weight excluding hydrogens is 338 g/mol. The Balaban J connectivity index is 1.77. The van der Waals surface area contributed by atoms with Crippen LogP contribution in [0.15, 0.2) is 120 Å². The number of rotatable bonds is 3. The maximum Gasteiger partial charge on any atom is 0.0865 e. The molecule has 2 atom stereocenters. The number of hydrogen-bond donors (Lipinski definition) is 0. The lowest BCUT2D eigenvalue weighted by molar-refractivity contribution is 0.621. The first-order valence-electron chi connectivity index (χ1n) is 9.74. The highest BCUT2D eigenvalue weighted by Crippen LogP contribution is 2.44. The van der Waals surface area contributed by atoms with Crippen LogP contribution in [0, 0.1) is 0 Å². The Labute approximate surface area is 166 Å². The quantitative estimate of drug-likeness (QED) is 0.401. The Morgan fingerprint density at radius 1 is 0.500 bits per heavy atom. The van der Waals surface area contributed by atoms with E-state index in [4.69, 9.17) is 4.99 Å². The Hall–Kier alpha value is -3.45. The van der Waals surface area contributed by atoms with Gasteiger partial charge in [-0.05, 0) is 16.7 Å². The average molecular weight is 359 g/mol. The molecule has 1 heteroatoms. The van der Waals surface area contributed by atoms with Crippen molar-refractivity contribution in [1.82, 2.24) is 0 Å². The largest absolute Gasteiger partial charge is 0.275 e. The highest BCUT2D eigenvalue weighted by molar-refractivity contribution is 6.14. The van der Waals surface area contributed by atoms with E-state index in [-0.39, 0.29) is 12.0 Å². The maximum absolute atomic E-state index is 5.34. The summed E-state index contributed by atoms with van der Waals surface area (Å²) in [6.45, 7) is 0. The van der Waals surface area contributed by atoms with E-state index in [1.807, 2.05) is 0 Å². The summed E-state index contributed by atoms with van der Waals surface area (Å²) in [7, 11) is 0. The molecule has 4 aromatic rings. The van der Waals surface area contributed by atoms with Gasteiger partial charge in [0.25, 0.3) is 0 Å². The van der Waals surface area contributed by atoms with Gasteiger partial charge in [-0.2, -0.15) is 0 Å². The fraction of sp³-hybridized carbons (Fsp3) is 0.0741. The third-order valence-electron chi connectivity index (χ3n) is 5.48. The summed E-state index contributed by atoms with van der Waals surface area (Å²) in [5.74, 6) is 0.201. The lowest BCUT2D eigenvalue weighted by Crippen LogP contribution is -2.22. The van der Waals surface area contributed by atoms with Crippen LogP contribution in [0.3, 0.4) is 0 Å². The van der Waals surface area contributed by atoms with Crippen LogP contribution in [0.25, 0.3) is 0 Å². The van der Waals surface area contributed by atoms with Crippen molar-refractivity contribution in [2.45, 2.75) is 12.0 Å². The molecule has 1 nitrogen and oxygen atoms in total. The van der Waals surface area contributed by atoms with Crippen LogP contribution in [0.4, 0.5) is 0 Å². The molecule has 134 valence electrons. The van der Waals surface area contributed by atoms with Crippen LogP contribution in [0.5, 0.6) is 0 Å². The highest BCUT2D eigenvalue weighted by Gasteiger charge is 2.33. The van der Waals surface area contributed by atoms with Gasteiger partial charge in [0, 0.05) is 17.0 Å². The summed E-state index contributed by atoms with van der Waals surface area (Å²) in [5, 5.41) is 0. The monoisotopic (exact) mass is 359 g/mol. The molecular formula is C27H21N. The molecule has 0 saturated heterocycles. The molecule has 0 saturated carbocycles. The maximum atomic E-state index is 5.34. The first-order valence-corrected chi connectivity index (χ1v) is 9.74. The molecule has 5 rings (SSSR count). The minimum atomic E-state index is 0.0497. The van der Waals surface area contributed by atoms with E-state index >= 15 is 0 Å².